The Morgan fingerprint density at radius 3 is 2.68 bits per heavy atom. The molecule has 1 aliphatic rings. The minimum atomic E-state index is -0.546. The molecule has 8 nitrogen and oxygen atoms in total. The number of ether oxygens (including phenoxy) is 2. The zero-order chi connectivity index (χ0) is 27.3. The van der Waals surface area contributed by atoms with Crippen LogP contribution in [0.25, 0.3) is 16.5 Å². The van der Waals surface area contributed by atoms with Crippen LogP contribution in [-0.2, 0) is 15.9 Å². The first-order chi connectivity index (χ1) is 18.2. The molecule has 0 spiro atoms. The fraction of sp³-hybridized carbons (Fsp3) is 0.367. The van der Waals surface area contributed by atoms with E-state index in [9.17, 15) is 14.9 Å². The summed E-state index contributed by atoms with van der Waals surface area (Å²) in [5.41, 5.74) is 4.51. The Morgan fingerprint density at radius 2 is 2.00 bits per heavy atom. The number of hydrogen-bond acceptors (Lipinski definition) is 6. The summed E-state index contributed by atoms with van der Waals surface area (Å²) in [6.45, 7) is 6.50. The predicted molar refractivity (Wildman–Crippen MR) is 148 cm³/mol. The number of aromatic nitrogens is 1. The molecule has 1 atom stereocenters. The first-order valence-corrected chi connectivity index (χ1v) is 12.8. The molecule has 0 saturated carbocycles. The second kappa shape index (κ2) is 11.4. The molecule has 198 valence electrons. The molecule has 4 rings (SSSR count). The zero-order valence-corrected chi connectivity index (χ0v) is 22.3. The number of aryl methyl sites for hydroxylation is 1. The molecule has 0 bridgehead atoms. The van der Waals surface area contributed by atoms with Crippen molar-refractivity contribution >= 4 is 34.2 Å². The summed E-state index contributed by atoms with van der Waals surface area (Å²) < 4.78 is 10.5. The number of fused-ring (bicyclic) bond motifs is 1. The molecule has 38 heavy (non-hydrogen) atoms. The van der Waals surface area contributed by atoms with E-state index in [4.69, 9.17) is 9.47 Å². The fourth-order valence-electron chi connectivity index (χ4n) is 4.57. The van der Waals surface area contributed by atoms with Crippen molar-refractivity contribution < 1.29 is 19.1 Å². The van der Waals surface area contributed by atoms with E-state index in [1.807, 2.05) is 63.4 Å². The van der Waals surface area contributed by atoms with Crippen molar-refractivity contribution in [2.75, 3.05) is 25.5 Å². The third-order valence-corrected chi connectivity index (χ3v) is 6.52. The SMILES string of the molecule is COC(=O)c1cc(C2=CCN(C(=O)OC(C)(C)C)CC2)ccc1NC(C#N)CCc1c[nH]c2ccccc12. The number of rotatable bonds is 7. The number of nitriles is 1. The standard InChI is InChI=1S/C30H34N4O4/c1-30(2,3)38-29(36)34-15-13-20(14-16-34)21-10-12-27(25(17-21)28(35)37-4)33-23(18-31)11-9-22-19-32-26-8-6-5-7-24(22)26/h5-8,10,12-13,17,19,23,32-33H,9,11,14-16H2,1-4H3. The second-order valence-electron chi connectivity index (χ2n) is 10.4. The van der Waals surface area contributed by atoms with Crippen LogP contribution in [0.15, 0.2) is 54.7 Å². The van der Waals surface area contributed by atoms with Crippen molar-refractivity contribution in [3.8, 4) is 6.07 Å². The Bertz CT molecular complexity index is 1390. The maximum atomic E-state index is 12.7. The molecule has 1 aromatic heterocycles. The van der Waals surface area contributed by atoms with Crippen LogP contribution in [0.2, 0.25) is 0 Å². The van der Waals surface area contributed by atoms with E-state index in [1.165, 1.54) is 7.11 Å². The summed E-state index contributed by atoms with van der Waals surface area (Å²) in [5.74, 6) is -0.477. The lowest BCUT2D eigenvalue weighted by molar-refractivity contribution is 0.0270. The number of esters is 1. The van der Waals surface area contributed by atoms with Gasteiger partial charge < -0.3 is 24.7 Å². The van der Waals surface area contributed by atoms with E-state index in [2.05, 4.69) is 22.4 Å². The molecule has 0 saturated heterocycles. The van der Waals surface area contributed by atoms with Crippen molar-refractivity contribution in [2.24, 2.45) is 0 Å². The van der Waals surface area contributed by atoms with Crippen molar-refractivity contribution in [2.45, 2.75) is 51.7 Å². The molecular weight excluding hydrogens is 480 g/mol. The van der Waals surface area contributed by atoms with Gasteiger partial charge in [-0.05, 0) is 74.9 Å². The summed E-state index contributed by atoms with van der Waals surface area (Å²) in [7, 11) is 1.34. The maximum Gasteiger partial charge on any atom is 0.410 e. The molecular formula is C30H34N4O4. The monoisotopic (exact) mass is 514 g/mol. The highest BCUT2D eigenvalue weighted by atomic mass is 16.6. The molecule has 2 aromatic carbocycles. The third-order valence-electron chi connectivity index (χ3n) is 6.52. The van der Waals surface area contributed by atoms with Gasteiger partial charge in [0.05, 0.1) is 18.7 Å². The summed E-state index contributed by atoms with van der Waals surface area (Å²) in [4.78, 5) is 30.0. The molecule has 2 N–H and O–H groups in total. The normalized spacial score (nSPS) is 14.4. The number of methoxy groups -OCH3 is 1. The van der Waals surface area contributed by atoms with E-state index in [0.717, 1.165) is 27.6 Å². The topological polar surface area (TPSA) is 107 Å². The second-order valence-corrected chi connectivity index (χ2v) is 10.4. The van der Waals surface area contributed by atoms with Crippen LogP contribution in [0.1, 0.15) is 55.1 Å². The quantitative estimate of drug-likeness (QED) is 0.379. The van der Waals surface area contributed by atoms with Crippen molar-refractivity contribution in [3.63, 3.8) is 0 Å². The predicted octanol–water partition coefficient (Wildman–Crippen LogP) is 5.92. The molecule has 1 amide bonds. The third kappa shape index (κ3) is 6.35. The molecule has 0 aliphatic carbocycles. The Balaban J connectivity index is 1.47. The van der Waals surface area contributed by atoms with Crippen LogP contribution in [-0.4, -0.2) is 53.8 Å². The van der Waals surface area contributed by atoms with Crippen LogP contribution < -0.4 is 5.32 Å². The van der Waals surface area contributed by atoms with Gasteiger partial charge >= 0.3 is 12.1 Å². The van der Waals surface area contributed by atoms with Crippen LogP contribution in [0.5, 0.6) is 0 Å². The van der Waals surface area contributed by atoms with Gasteiger partial charge in [-0.1, -0.05) is 30.3 Å². The van der Waals surface area contributed by atoms with Gasteiger partial charge in [-0.15, -0.1) is 0 Å². The number of para-hydroxylation sites is 1. The van der Waals surface area contributed by atoms with Gasteiger partial charge in [0.1, 0.15) is 11.6 Å². The Labute approximate surface area is 223 Å². The smallest absolute Gasteiger partial charge is 0.410 e. The van der Waals surface area contributed by atoms with Gasteiger partial charge in [-0.3, -0.25) is 0 Å². The van der Waals surface area contributed by atoms with E-state index in [0.29, 0.717) is 43.6 Å². The Hall–Kier alpha value is -4.25. The van der Waals surface area contributed by atoms with Crippen LogP contribution in [0.3, 0.4) is 0 Å². The van der Waals surface area contributed by atoms with E-state index >= 15 is 0 Å². The van der Waals surface area contributed by atoms with Gasteiger partial charge in [0.15, 0.2) is 0 Å². The minimum absolute atomic E-state index is 0.335. The summed E-state index contributed by atoms with van der Waals surface area (Å²) in [6, 6.07) is 15.4. The highest BCUT2D eigenvalue weighted by Crippen LogP contribution is 2.29. The van der Waals surface area contributed by atoms with Gasteiger partial charge in [-0.25, -0.2) is 9.59 Å². The number of aromatic amines is 1. The van der Waals surface area contributed by atoms with Crippen molar-refractivity contribution in [1.82, 2.24) is 9.88 Å². The molecule has 3 aromatic rings. The number of hydrogen-bond donors (Lipinski definition) is 2. The Kier molecular flexibility index (Phi) is 8.06. The number of anilines is 1. The fourth-order valence-corrected chi connectivity index (χ4v) is 4.57. The highest BCUT2D eigenvalue weighted by molar-refractivity contribution is 5.97. The molecule has 1 unspecified atom stereocenters. The first kappa shape index (κ1) is 26.8. The Morgan fingerprint density at radius 1 is 1.21 bits per heavy atom. The van der Waals surface area contributed by atoms with Crippen LogP contribution in [0, 0.1) is 11.3 Å². The summed E-state index contributed by atoms with van der Waals surface area (Å²) >= 11 is 0. The molecule has 2 heterocycles. The lowest BCUT2D eigenvalue weighted by Crippen LogP contribution is -2.39. The van der Waals surface area contributed by atoms with Gasteiger partial charge in [0, 0.05) is 35.9 Å². The lowest BCUT2D eigenvalue weighted by Gasteiger charge is -2.29. The zero-order valence-electron chi connectivity index (χ0n) is 22.3. The first-order valence-electron chi connectivity index (χ1n) is 12.8. The van der Waals surface area contributed by atoms with Crippen molar-refractivity contribution in [1.29, 1.82) is 5.26 Å². The molecule has 1 aliphatic heterocycles. The summed E-state index contributed by atoms with van der Waals surface area (Å²) in [6.07, 6.45) is 5.55. The highest BCUT2D eigenvalue weighted by Gasteiger charge is 2.25. The number of benzene rings is 2. The largest absolute Gasteiger partial charge is 0.465 e. The minimum Gasteiger partial charge on any atom is -0.465 e. The number of carbonyl (C=O) groups excluding carboxylic acids is 2. The number of nitrogens with one attached hydrogen (secondary N) is 2. The number of carbonyl (C=O) groups is 2. The van der Waals surface area contributed by atoms with Gasteiger partial charge in [-0.2, -0.15) is 5.26 Å². The van der Waals surface area contributed by atoms with E-state index < -0.39 is 17.6 Å². The van der Waals surface area contributed by atoms with Crippen LogP contribution >= 0.6 is 0 Å². The molecule has 0 radical (unpaired) electrons. The number of H-pyrrole nitrogens is 1. The van der Waals surface area contributed by atoms with Gasteiger partial charge in [0.2, 0.25) is 0 Å². The maximum absolute atomic E-state index is 12.7. The number of amides is 1. The number of nitrogens with zero attached hydrogens (tertiary/aromatic N) is 2. The van der Waals surface area contributed by atoms with Gasteiger partial charge in [0.25, 0.3) is 0 Å². The van der Waals surface area contributed by atoms with E-state index in [-0.39, 0.29) is 6.09 Å². The van der Waals surface area contributed by atoms with Crippen molar-refractivity contribution in [3.05, 3.63) is 71.4 Å². The average molecular weight is 515 g/mol. The summed E-state index contributed by atoms with van der Waals surface area (Å²) in [5, 5.41) is 14.2. The lowest BCUT2D eigenvalue weighted by atomic mass is 9.96. The average Bonchev–Trinajstić information content (AvgIpc) is 3.33. The molecule has 0 fully saturated rings. The van der Waals surface area contributed by atoms with Crippen LogP contribution in [0.4, 0.5) is 10.5 Å². The van der Waals surface area contributed by atoms with E-state index in [1.54, 1.807) is 11.0 Å². The molecule has 8 heteroatoms.